The van der Waals surface area contributed by atoms with Crippen LogP contribution in [0.5, 0.6) is 0 Å². The van der Waals surface area contributed by atoms with Crippen LogP contribution in [-0.4, -0.2) is 38.9 Å². The molecule has 1 aromatic rings. The van der Waals surface area contributed by atoms with E-state index in [1.807, 2.05) is 7.05 Å². The van der Waals surface area contributed by atoms with E-state index in [1.54, 1.807) is 0 Å². The maximum absolute atomic E-state index is 6.04. The molecule has 2 aliphatic rings. The molecule has 0 bridgehead atoms. The van der Waals surface area contributed by atoms with Gasteiger partial charge in [-0.15, -0.1) is 0 Å². The third-order valence-corrected chi connectivity index (χ3v) is 6.12. The van der Waals surface area contributed by atoms with Gasteiger partial charge in [0, 0.05) is 33.4 Å². The monoisotopic (exact) mass is 373 g/mol. The van der Waals surface area contributed by atoms with Crippen LogP contribution in [0.25, 0.3) is 0 Å². The Morgan fingerprint density at radius 3 is 2.67 bits per heavy atom. The van der Waals surface area contributed by atoms with Gasteiger partial charge in [0.1, 0.15) is 0 Å². The molecular weight excluding hydrogens is 338 g/mol. The van der Waals surface area contributed by atoms with E-state index in [1.165, 1.54) is 36.8 Å². The molecule has 5 nitrogen and oxygen atoms in total. The van der Waals surface area contributed by atoms with Gasteiger partial charge in [0.2, 0.25) is 0 Å². The number of rotatable bonds is 8. The van der Waals surface area contributed by atoms with Crippen LogP contribution in [0.2, 0.25) is 0 Å². The van der Waals surface area contributed by atoms with E-state index in [2.05, 4.69) is 46.8 Å². The molecule has 5 heteroatoms. The number of nitrogens with one attached hydrogen (secondary N) is 2. The smallest absolute Gasteiger partial charge is 0.191 e. The number of benzene rings is 1. The van der Waals surface area contributed by atoms with E-state index < -0.39 is 0 Å². The molecule has 0 amide bonds. The summed E-state index contributed by atoms with van der Waals surface area (Å²) < 4.78 is 11.4. The lowest BCUT2D eigenvalue weighted by Crippen LogP contribution is -2.46. The van der Waals surface area contributed by atoms with Gasteiger partial charge in [0.15, 0.2) is 5.96 Å². The van der Waals surface area contributed by atoms with Crippen LogP contribution >= 0.6 is 0 Å². The van der Waals surface area contributed by atoms with Crippen LogP contribution in [-0.2, 0) is 22.6 Å². The Bertz CT molecular complexity index is 602. The van der Waals surface area contributed by atoms with Gasteiger partial charge < -0.3 is 20.1 Å². The van der Waals surface area contributed by atoms with Crippen molar-refractivity contribution in [1.82, 2.24) is 10.6 Å². The minimum absolute atomic E-state index is 0.334. The van der Waals surface area contributed by atoms with Gasteiger partial charge >= 0.3 is 0 Å². The van der Waals surface area contributed by atoms with Crippen LogP contribution in [0, 0.1) is 5.41 Å². The summed E-state index contributed by atoms with van der Waals surface area (Å²) >= 11 is 0. The third-order valence-electron chi connectivity index (χ3n) is 6.12. The normalized spacial score (nSPS) is 20.1. The Morgan fingerprint density at radius 1 is 1.22 bits per heavy atom. The molecule has 0 unspecified atom stereocenters. The summed E-state index contributed by atoms with van der Waals surface area (Å²) in [5.41, 5.74) is 2.96. The second-order valence-corrected chi connectivity index (χ2v) is 7.93. The molecule has 1 aromatic carbocycles. The Balaban J connectivity index is 1.43. The van der Waals surface area contributed by atoms with Crippen LogP contribution in [0.3, 0.4) is 0 Å². The zero-order valence-corrected chi connectivity index (χ0v) is 16.9. The highest BCUT2D eigenvalue weighted by molar-refractivity contribution is 5.79. The van der Waals surface area contributed by atoms with Gasteiger partial charge in [-0.25, -0.2) is 0 Å². The summed E-state index contributed by atoms with van der Waals surface area (Å²) in [5.74, 6) is 0.888. The number of guanidine groups is 1. The van der Waals surface area contributed by atoms with Crippen molar-refractivity contribution in [2.75, 3.05) is 26.8 Å². The van der Waals surface area contributed by atoms with Gasteiger partial charge in [0.25, 0.3) is 0 Å². The fraction of sp³-hybridized carbons (Fsp3) is 0.682. The van der Waals surface area contributed by atoms with Gasteiger partial charge in [-0.3, -0.25) is 4.99 Å². The maximum atomic E-state index is 6.04. The second-order valence-electron chi connectivity index (χ2n) is 7.93. The van der Waals surface area contributed by atoms with E-state index >= 15 is 0 Å². The molecule has 2 N–H and O–H groups in total. The zero-order chi connectivity index (χ0) is 19.0. The summed E-state index contributed by atoms with van der Waals surface area (Å²) in [5, 5.41) is 6.96. The van der Waals surface area contributed by atoms with Crippen molar-refractivity contribution in [3.63, 3.8) is 0 Å². The Kier molecular flexibility index (Phi) is 7.53. The molecule has 0 radical (unpaired) electrons. The maximum Gasteiger partial charge on any atom is 0.191 e. The molecule has 150 valence electrons. The molecule has 1 aliphatic carbocycles. The van der Waals surface area contributed by atoms with E-state index in [-0.39, 0.29) is 0 Å². The quantitative estimate of drug-likeness (QED) is 0.540. The average Bonchev–Trinajstić information content (AvgIpc) is 2.69. The molecule has 0 aromatic heterocycles. The molecule has 2 fully saturated rings. The van der Waals surface area contributed by atoms with Gasteiger partial charge in [0.05, 0.1) is 12.7 Å². The number of hydrogen-bond donors (Lipinski definition) is 2. The van der Waals surface area contributed by atoms with Crippen molar-refractivity contribution in [2.45, 2.75) is 64.7 Å². The lowest BCUT2D eigenvalue weighted by atomic mass is 9.67. The molecule has 1 aliphatic heterocycles. The van der Waals surface area contributed by atoms with Crippen molar-refractivity contribution < 1.29 is 9.47 Å². The first-order valence-corrected chi connectivity index (χ1v) is 10.4. The molecular formula is C22H35N3O2. The molecule has 1 saturated heterocycles. The van der Waals surface area contributed by atoms with Crippen molar-refractivity contribution in [3.8, 4) is 0 Å². The Labute approximate surface area is 163 Å². The Hall–Kier alpha value is -1.59. The van der Waals surface area contributed by atoms with Crippen LogP contribution in [0.4, 0.5) is 0 Å². The minimum atomic E-state index is 0.334. The van der Waals surface area contributed by atoms with E-state index in [0.29, 0.717) is 18.1 Å². The van der Waals surface area contributed by atoms with Crippen molar-refractivity contribution in [3.05, 3.63) is 35.4 Å². The Morgan fingerprint density at radius 2 is 2.00 bits per heavy atom. The summed E-state index contributed by atoms with van der Waals surface area (Å²) in [6.07, 6.45) is 7.62. The van der Waals surface area contributed by atoms with E-state index in [4.69, 9.17) is 9.47 Å². The summed E-state index contributed by atoms with van der Waals surface area (Å²) in [4.78, 5) is 4.38. The number of nitrogens with zero attached hydrogens (tertiary/aromatic N) is 1. The standard InChI is InChI=1S/C22H35N3O2/c1-3-22(10-5-11-22)17-25-21(23-2)24-15-18-6-4-7-19(14-18)16-27-20-8-12-26-13-9-20/h4,6-7,14,20H,3,5,8-13,15-17H2,1-2H3,(H2,23,24,25). The minimum Gasteiger partial charge on any atom is -0.381 e. The first-order chi connectivity index (χ1) is 13.2. The van der Waals surface area contributed by atoms with Crippen LogP contribution in [0.1, 0.15) is 56.6 Å². The second kappa shape index (κ2) is 10.1. The van der Waals surface area contributed by atoms with Gasteiger partial charge in [-0.05, 0) is 48.6 Å². The lowest BCUT2D eigenvalue weighted by Gasteiger charge is -2.41. The highest BCUT2D eigenvalue weighted by Crippen LogP contribution is 2.42. The fourth-order valence-corrected chi connectivity index (χ4v) is 3.90. The van der Waals surface area contributed by atoms with E-state index in [9.17, 15) is 0 Å². The van der Waals surface area contributed by atoms with Gasteiger partial charge in [-0.2, -0.15) is 0 Å². The molecule has 0 atom stereocenters. The van der Waals surface area contributed by atoms with Crippen molar-refractivity contribution in [1.29, 1.82) is 0 Å². The number of ether oxygens (including phenoxy) is 2. The number of aliphatic imine (C=N–C) groups is 1. The largest absolute Gasteiger partial charge is 0.381 e. The number of hydrogen-bond acceptors (Lipinski definition) is 3. The van der Waals surface area contributed by atoms with Gasteiger partial charge in [-0.1, -0.05) is 37.6 Å². The highest BCUT2D eigenvalue weighted by atomic mass is 16.5. The summed E-state index contributed by atoms with van der Waals surface area (Å²) in [6, 6.07) is 8.62. The zero-order valence-electron chi connectivity index (χ0n) is 16.9. The molecule has 1 heterocycles. The average molecular weight is 374 g/mol. The molecule has 1 saturated carbocycles. The van der Waals surface area contributed by atoms with E-state index in [0.717, 1.165) is 45.1 Å². The first kappa shape index (κ1) is 20.2. The van der Waals surface area contributed by atoms with Crippen LogP contribution in [0.15, 0.2) is 29.3 Å². The summed E-state index contributed by atoms with van der Waals surface area (Å²) in [7, 11) is 1.84. The van der Waals surface area contributed by atoms with Crippen molar-refractivity contribution >= 4 is 5.96 Å². The molecule has 0 spiro atoms. The molecule has 27 heavy (non-hydrogen) atoms. The predicted molar refractivity (Wildman–Crippen MR) is 110 cm³/mol. The SMILES string of the molecule is CCC1(CNC(=NC)NCc2cccc(COC3CCOCC3)c2)CCC1. The predicted octanol–water partition coefficient (Wildman–Crippen LogP) is 3.63. The topological polar surface area (TPSA) is 54.9 Å². The fourth-order valence-electron chi connectivity index (χ4n) is 3.90. The van der Waals surface area contributed by atoms with Crippen molar-refractivity contribution in [2.24, 2.45) is 10.4 Å². The highest BCUT2D eigenvalue weighted by Gasteiger charge is 2.34. The van der Waals surface area contributed by atoms with Crippen LogP contribution < -0.4 is 10.6 Å². The lowest BCUT2D eigenvalue weighted by molar-refractivity contribution is -0.0390. The third kappa shape index (κ3) is 5.94. The first-order valence-electron chi connectivity index (χ1n) is 10.4. The summed E-state index contributed by atoms with van der Waals surface area (Å²) in [6.45, 7) is 6.39. The molecule has 3 rings (SSSR count).